The summed E-state index contributed by atoms with van der Waals surface area (Å²) in [6, 6.07) is 4.21. The minimum absolute atomic E-state index is 0.467. The highest BCUT2D eigenvalue weighted by molar-refractivity contribution is 7.09. The van der Waals surface area contributed by atoms with E-state index in [-0.39, 0.29) is 0 Å². The van der Waals surface area contributed by atoms with Gasteiger partial charge in [-0.05, 0) is 25.5 Å². The second kappa shape index (κ2) is 7.01. The van der Waals surface area contributed by atoms with E-state index in [9.17, 15) is 0 Å². The molecule has 24 heavy (non-hydrogen) atoms. The van der Waals surface area contributed by atoms with E-state index in [2.05, 4.69) is 44.5 Å². The van der Waals surface area contributed by atoms with E-state index in [1.807, 2.05) is 17.9 Å². The lowest BCUT2D eigenvalue weighted by molar-refractivity contribution is 0.121. The van der Waals surface area contributed by atoms with Gasteiger partial charge in [0.25, 0.3) is 0 Å². The van der Waals surface area contributed by atoms with E-state index in [0.29, 0.717) is 5.92 Å². The normalized spacial score (nSPS) is 19.6. The zero-order chi connectivity index (χ0) is 16.4. The van der Waals surface area contributed by atoms with Gasteiger partial charge in [0.15, 0.2) is 0 Å². The molecule has 4 rings (SSSR count). The maximum Gasteiger partial charge on any atom is 0.0798 e. The van der Waals surface area contributed by atoms with Crippen LogP contribution in [0, 0.1) is 12.8 Å². The number of fused-ring (bicyclic) bond motifs is 1. The SMILES string of the molecule is Cc1ncsc1CN1CCOCC(Cc2nccn3cccc23)C1. The Morgan fingerprint density at radius 2 is 2.29 bits per heavy atom. The van der Waals surface area contributed by atoms with Crippen LogP contribution in [0.3, 0.4) is 0 Å². The first kappa shape index (κ1) is 15.7. The van der Waals surface area contributed by atoms with E-state index in [4.69, 9.17) is 4.74 Å². The largest absolute Gasteiger partial charge is 0.380 e. The summed E-state index contributed by atoms with van der Waals surface area (Å²) in [5.74, 6) is 0.467. The number of ether oxygens (including phenoxy) is 1. The van der Waals surface area contributed by atoms with Crippen molar-refractivity contribution < 1.29 is 4.74 Å². The minimum atomic E-state index is 0.467. The predicted octanol–water partition coefficient (Wildman–Crippen LogP) is 2.79. The fourth-order valence-corrected chi connectivity index (χ4v) is 4.18. The Hall–Kier alpha value is -1.76. The number of rotatable bonds is 4. The molecule has 1 atom stereocenters. The van der Waals surface area contributed by atoms with Crippen molar-refractivity contribution >= 4 is 16.9 Å². The van der Waals surface area contributed by atoms with Gasteiger partial charge in [0.2, 0.25) is 0 Å². The van der Waals surface area contributed by atoms with Crippen molar-refractivity contribution in [2.75, 3.05) is 26.3 Å². The van der Waals surface area contributed by atoms with Crippen molar-refractivity contribution in [1.29, 1.82) is 0 Å². The summed E-state index contributed by atoms with van der Waals surface area (Å²) in [5.41, 5.74) is 5.45. The van der Waals surface area contributed by atoms with Gasteiger partial charge in [-0.1, -0.05) is 0 Å². The summed E-state index contributed by atoms with van der Waals surface area (Å²) >= 11 is 1.75. The van der Waals surface area contributed by atoms with Gasteiger partial charge in [-0.2, -0.15) is 0 Å². The second-order valence-electron chi connectivity index (χ2n) is 6.42. The van der Waals surface area contributed by atoms with Crippen LogP contribution in [0.15, 0.2) is 36.2 Å². The van der Waals surface area contributed by atoms with Crippen molar-refractivity contribution in [2.45, 2.75) is 19.9 Å². The third kappa shape index (κ3) is 3.36. The lowest BCUT2D eigenvalue weighted by atomic mass is 10.0. The molecule has 1 aliphatic heterocycles. The van der Waals surface area contributed by atoms with E-state index < -0.39 is 0 Å². The fourth-order valence-electron chi connectivity index (χ4n) is 3.36. The molecule has 1 unspecified atom stereocenters. The first-order chi connectivity index (χ1) is 11.8. The summed E-state index contributed by atoms with van der Waals surface area (Å²) in [7, 11) is 0. The van der Waals surface area contributed by atoms with E-state index in [1.54, 1.807) is 11.3 Å². The van der Waals surface area contributed by atoms with E-state index in [1.165, 1.54) is 10.4 Å². The van der Waals surface area contributed by atoms with Gasteiger partial charge in [0.1, 0.15) is 0 Å². The summed E-state index contributed by atoms with van der Waals surface area (Å²) < 4.78 is 8.00. The van der Waals surface area contributed by atoms with Crippen molar-refractivity contribution in [3.63, 3.8) is 0 Å². The first-order valence-corrected chi connectivity index (χ1v) is 9.27. The van der Waals surface area contributed by atoms with Gasteiger partial charge in [-0.3, -0.25) is 9.88 Å². The number of aromatic nitrogens is 3. The topological polar surface area (TPSA) is 42.7 Å². The zero-order valence-corrected chi connectivity index (χ0v) is 14.7. The summed E-state index contributed by atoms with van der Waals surface area (Å²) in [6.07, 6.45) is 6.91. The van der Waals surface area contributed by atoms with E-state index >= 15 is 0 Å². The van der Waals surface area contributed by atoms with Gasteiger partial charge in [0, 0.05) is 49.0 Å². The summed E-state index contributed by atoms with van der Waals surface area (Å²) in [6.45, 7) is 6.70. The number of hydrogen-bond donors (Lipinski definition) is 0. The smallest absolute Gasteiger partial charge is 0.0798 e. The Kier molecular flexibility index (Phi) is 4.60. The van der Waals surface area contributed by atoms with Gasteiger partial charge < -0.3 is 9.14 Å². The van der Waals surface area contributed by atoms with Crippen LogP contribution in [0.1, 0.15) is 16.3 Å². The summed E-state index contributed by atoms with van der Waals surface area (Å²) in [5, 5.41) is 0. The molecule has 6 heteroatoms. The fraction of sp³-hybridized carbons (Fsp3) is 0.444. The molecule has 0 bridgehead atoms. The Labute approximate surface area is 145 Å². The highest BCUT2D eigenvalue weighted by Gasteiger charge is 2.21. The average molecular weight is 342 g/mol. The molecule has 1 saturated heterocycles. The van der Waals surface area contributed by atoms with Crippen LogP contribution in [0.4, 0.5) is 0 Å². The quantitative estimate of drug-likeness (QED) is 0.731. The average Bonchev–Trinajstić information content (AvgIpc) is 3.15. The van der Waals surface area contributed by atoms with Gasteiger partial charge >= 0.3 is 0 Å². The lowest BCUT2D eigenvalue weighted by Gasteiger charge is -2.23. The monoisotopic (exact) mass is 342 g/mol. The Morgan fingerprint density at radius 1 is 1.33 bits per heavy atom. The van der Waals surface area contributed by atoms with Crippen LogP contribution in [-0.2, 0) is 17.7 Å². The Bertz CT molecular complexity index is 812. The Balaban J connectivity index is 1.48. The van der Waals surface area contributed by atoms with Crippen LogP contribution >= 0.6 is 11.3 Å². The van der Waals surface area contributed by atoms with Crippen LogP contribution in [0.25, 0.3) is 5.52 Å². The van der Waals surface area contributed by atoms with E-state index in [0.717, 1.165) is 50.7 Å². The molecule has 5 nitrogen and oxygen atoms in total. The standard InChI is InChI=1S/C18H22N4OS/c1-14-18(24-13-20-14)11-21-7-8-23-12-15(10-21)9-16-17-3-2-5-22(17)6-4-19-16/h2-6,13,15H,7-12H2,1H3. The molecule has 3 aromatic rings. The molecule has 126 valence electrons. The maximum absolute atomic E-state index is 5.86. The highest BCUT2D eigenvalue weighted by atomic mass is 32.1. The number of thiazole rings is 1. The van der Waals surface area contributed by atoms with Crippen molar-refractivity contribution in [3.05, 3.63) is 52.5 Å². The molecule has 4 heterocycles. The third-order valence-electron chi connectivity index (χ3n) is 4.65. The number of nitrogens with zero attached hydrogens (tertiary/aromatic N) is 4. The summed E-state index contributed by atoms with van der Waals surface area (Å²) in [4.78, 5) is 12.8. The molecule has 1 fully saturated rings. The Morgan fingerprint density at radius 3 is 3.17 bits per heavy atom. The predicted molar refractivity (Wildman–Crippen MR) is 95.3 cm³/mol. The molecular formula is C18H22N4OS. The molecular weight excluding hydrogens is 320 g/mol. The van der Waals surface area contributed by atoms with Gasteiger partial charge in [-0.15, -0.1) is 11.3 Å². The van der Waals surface area contributed by atoms with Crippen molar-refractivity contribution in [3.8, 4) is 0 Å². The maximum atomic E-state index is 5.86. The van der Waals surface area contributed by atoms with Crippen LogP contribution in [0.5, 0.6) is 0 Å². The molecule has 3 aromatic heterocycles. The van der Waals surface area contributed by atoms with Gasteiger partial charge in [-0.25, -0.2) is 4.98 Å². The molecule has 0 N–H and O–H groups in total. The molecule has 0 amide bonds. The zero-order valence-electron chi connectivity index (χ0n) is 13.9. The number of aryl methyl sites for hydroxylation is 1. The molecule has 0 aliphatic carbocycles. The number of hydrogen-bond acceptors (Lipinski definition) is 5. The first-order valence-electron chi connectivity index (χ1n) is 8.39. The third-order valence-corrected chi connectivity index (χ3v) is 5.57. The van der Waals surface area contributed by atoms with Crippen LogP contribution < -0.4 is 0 Å². The van der Waals surface area contributed by atoms with Crippen LogP contribution in [-0.4, -0.2) is 45.6 Å². The van der Waals surface area contributed by atoms with Crippen molar-refractivity contribution in [2.24, 2.45) is 5.92 Å². The molecule has 0 spiro atoms. The molecule has 1 aliphatic rings. The molecule has 0 aromatic carbocycles. The highest BCUT2D eigenvalue weighted by Crippen LogP contribution is 2.20. The minimum Gasteiger partial charge on any atom is -0.380 e. The van der Waals surface area contributed by atoms with Crippen molar-refractivity contribution in [1.82, 2.24) is 19.3 Å². The van der Waals surface area contributed by atoms with Gasteiger partial charge in [0.05, 0.1) is 35.6 Å². The van der Waals surface area contributed by atoms with Crippen LogP contribution in [0.2, 0.25) is 0 Å². The molecule has 0 saturated carbocycles. The second-order valence-corrected chi connectivity index (χ2v) is 7.36. The molecule has 0 radical (unpaired) electrons. The lowest BCUT2D eigenvalue weighted by Crippen LogP contribution is -2.30.